The van der Waals surface area contributed by atoms with Crippen LogP contribution in [0.4, 0.5) is 17.1 Å². The lowest BCUT2D eigenvalue weighted by atomic mass is 9.86. The van der Waals surface area contributed by atoms with Gasteiger partial charge in [-0.15, -0.1) is 0 Å². The molecule has 11 rings (SSSR count). The standard InChI is InChI=1S/C54H35N/c1-3-13-42(14-4-1)55(43-15-5-2-6-16-43)44-30-27-36(28-31-44)37-23-24-39-34-40(26-25-38(39)33-37)41-29-32-51-52(35-41)47-19-9-12-22-50(47)53-48-20-10-7-17-45(48)46-18-8-11-21-49(46)54(51)53/h1-35H. The van der Waals surface area contributed by atoms with E-state index in [2.05, 4.69) is 217 Å². The highest BCUT2D eigenvalue weighted by molar-refractivity contribution is 6.39. The van der Waals surface area contributed by atoms with Gasteiger partial charge in [0, 0.05) is 17.1 Å². The monoisotopic (exact) mass is 697 g/mol. The molecule has 0 atom stereocenters. The average Bonchev–Trinajstić information content (AvgIpc) is 3.27. The van der Waals surface area contributed by atoms with Crippen molar-refractivity contribution in [3.05, 3.63) is 212 Å². The third-order valence-electron chi connectivity index (χ3n) is 11.4. The van der Waals surface area contributed by atoms with Gasteiger partial charge in [-0.2, -0.15) is 0 Å². The molecule has 0 aliphatic heterocycles. The lowest BCUT2D eigenvalue weighted by Crippen LogP contribution is -2.09. The molecule has 0 fully saturated rings. The fourth-order valence-corrected chi connectivity index (χ4v) is 8.81. The summed E-state index contributed by atoms with van der Waals surface area (Å²) < 4.78 is 0. The van der Waals surface area contributed by atoms with Crippen molar-refractivity contribution in [1.29, 1.82) is 0 Å². The number of hydrogen-bond donors (Lipinski definition) is 0. The molecule has 256 valence electrons. The number of benzene rings is 11. The summed E-state index contributed by atoms with van der Waals surface area (Å²) in [5, 5.41) is 15.5. The van der Waals surface area contributed by atoms with Crippen LogP contribution in [0.15, 0.2) is 212 Å². The van der Waals surface area contributed by atoms with Crippen LogP contribution in [0.3, 0.4) is 0 Å². The van der Waals surface area contributed by atoms with Gasteiger partial charge in [0.1, 0.15) is 0 Å². The molecule has 0 saturated heterocycles. The summed E-state index contributed by atoms with van der Waals surface area (Å²) in [6.07, 6.45) is 0. The average molecular weight is 698 g/mol. The number of anilines is 3. The third-order valence-corrected chi connectivity index (χ3v) is 11.4. The van der Waals surface area contributed by atoms with Crippen LogP contribution in [0.1, 0.15) is 0 Å². The SMILES string of the molecule is c1ccc(N(c2ccccc2)c2ccc(-c3ccc4cc(-c5ccc6c(c5)c5ccccc5c5c7ccccc7c7ccccc7c65)ccc4c3)cc2)cc1. The van der Waals surface area contributed by atoms with Crippen molar-refractivity contribution in [3.8, 4) is 22.3 Å². The molecular weight excluding hydrogens is 663 g/mol. The molecule has 0 unspecified atom stereocenters. The first kappa shape index (κ1) is 31.3. The Morgan fingerprint density at radius 1 is 0.218 bits per heavy atom. The molecule has 0 heterocycles. The van der Waals surface area contributed by atoms with Crippen molar-refractivity contribution in [2.45, 2.75) is 0 Å². The van der Waals surface area contributed by atoms with Crippen LogP contribution < -0.4 is 4.90 Å². The second-order valence-corrected chi connectivity index (χ2v) is 14.5. The van der Waals surface area contributed by atoms with Gasteiger partial charge < -0.3 is 4.90 Å². The van der Waals surface area contributed by atoms with E-state index in [1.54, 1.807) is 0 Å². The Morgan fingerprint density at radius 3 is 1.07 bits per heavy atom. The van der Waals surface area contributed by atoms with Crippen LogP contribution in [0.2, 0.25) is 0 Å². The van der Waals surface area contributed by atoms with Crippen molar-refractivity contribution in [2.75, 3.05) is 4.90 Å². The molecule has 11 aromatic rings. The van der Waals surface area contributed by atoms with Crippen LogP contribution in [0.25, 0.3) is 86.9 Å². The number of rotatable bonds is 5. The summed E-state index contributed by atoms with van der Waals surface area (Å²) in [6.45, 7) is 0. The molecule has 0 amide bonds. The molecule has 1 heteroatoms. The first-order chi connectivity index (χ1) is 27.3. The lowest BCUT2D eigenvalue weighted by Gasteiger charge is -2.25. The summed E-state index contributed by atoms with van der Waals surface area (Å²) in [5.74, 6) is 0. The summed E-state index contributed by atoms with van der Waals surface area (Å²) in [7, 11) is 0. The molecule has 0 saturated carbocycles. The van der Waals surface area contributed by atoms with E-state index in [0.29, 0.717) is 0 Å². The second-order valence-electron chi connectivity index (χ2n) is 14.5. The Hall–Kier alpha value is -7.22. The fraction of sp³-hybridized carbons (Fsp3) is 0. The van der Waals surface area contributed by atoms with Gasteiger partial charge in [0.2, 0.25) is 0 Å². The lowest BCUT2D eigenvalue weighted by molar-refractivity contribution is 1.28. The Kier molecular flexibility index (Phi) is 7.25. The molecule has 0 radical (unpaired) electrons. The van der Waals surface area contributed by atoms with Gasteiger partial charge in [0.15, 0.2) is 0 Å². The minimum Gasteiger partial charge on any atom is -0.311 e. The highest BCUT2D eigenvalue weighted by atomic mass is 15.1. The molecule has 55 heavy (non-hydrogen) atoms. The topological polar surface area (TPSA) is 3.24 Å². The van der Waals surface area contributed by atoms with Crippen molar-refractivity contribution in [2.24, 2.45) is 0 Å². The van der Waals surface area contributed by atoms with Gasteiger partial charge in [0.05, 0.1) is 0 Å². The first-order valence-electron chi connectivity index (χ1n) is 19.0. The quantitative estimate of drug-likeness (QED) is 0.162. The third kappa shape index (κ3) is 5.16. The van der Waals surface area contributed by atoms with Gasteiger partial charge in [-0.25, -0.2) is 0 Å². The fourth-order valence-electron chi connectivity index (χ4n) is 8.81. The summed E-state index contributed by atoms with van der Waals surface area (Å²) in [6, 6.07) is 77.6. The zero-order valence-electron chi connectivity index (χ0n) is 30.2. The minimum atomic E-state index is 1.13. The Labute approximate surface area is 320 Å². The molecule has 1 nitrogen and oxygen atoms in total. The van der Waals surface area contributed by atoms with E-state index in [4.69, 9.17) is 0 Å². The van der Waals surface area contributed by atoms with E-state index in [0.717, 1.165) is 17.1 Å². The highest BCUT2D eigenvalue weighted by Gasteiger charge is 2.17. The van der Waals surface area contributed by atoms with Crippen molar-refractivity contribution in [1.82, 2.24) is 0 Å². The maximum Gasteiger partial charge on any atom is 0.0462 e. The molecule has 0 aromatic heterocycles. The highest BCUT2D eigenvalue weighted by Crippen LogP contribution is 2.45. The number of para-hydroxylation sites is 2. The summed E-state index contributed by atoms with van der Waals surface area (Å²) in [4.78, 5) is 2.30. The van der Waals surface area contributed by atoms with Gasteiger partial charge in [0.25, 0.3) is 0 Å². The Morgan fingerprint density at radius 2 is 0.564 bits per heavy atom. The zero-order valence-corrected chi connectivity index (χ0v) is 30.2. The molecule has 0 spiro atoms. The Balaban J connectivity index is 0.989. The van der Waals surface area contributed by atoms with Crippen molar-refractivity contribution < 1.29 is 0 Å². The van der Waals surface area contributed by atoms with Gasteiger partial charge in [-0.05, 0) is 141 Å². The van der Waals surface area contributed by atoms with Crippen LogP contribution in [0.5, 0.6) is 0 Å². The second kappa shape index (κ2) is 12.7. The minimum absolute atomic E-state index is 1.13. The predicted molar refractivity (Wildman–Crippen MR) is 237 cm³/mol. The van der Waals surface area contributed by atoms with E-state index in [-0.39, 0.29) is 0 Å². The van der Waals surface area contributed by atoms with Gasteiger partial charge in [-0.1, -0.05) is 158 Å². The molecule has 11 aromatic carbocycles. The van der Waals surface area contributed by atoms with Crippen molar-refractivity contribution >= 4 is 81.7 Å². The van der Waals surface area contributed by atoms with Crippen LogP contribution in [-0.4, -0.2) is 0 Å². The number of hydrogen-bond acceptors (Lipinski definition) is 1. The predicted octanol–water partition coefficient (Wildman–Crippen LogP) is 15.4. The summed E-state index contributed by atoms with van der Waals surface area (Å²) in [5.41, 5.74) is 8.26. The van der Waals surface area contributed by atoms with E-state index in [9.17, 15) is 0 Å². The van der Waals surface area contributed by atoms with Crippen molar-refractivity contribution in [3.63, 3.8) is 0 Å². The van der Waals surface area contributed by atoms with E-state index >= 15 is 0 Å². The number of nitrogens with zero attached hydrogens (tertiary/aromatic N) is 1. The molecule has 0 N–H and O–H groups in total. The van der Waals surface area contributed by atoms with Crippen LogP contribution >= 0.6 is 0 Å². The Bertz CT molecular complexity index is 3200. The van der Waals surface area contributed by atoms with Crippen LogP contribution in [0, 0.1) is 0 Å². The molecule has 0 aliphatic carbocycles. The first-order valence-corrected chi connectivity index (χ1v) is 19.0. The smallest absolute Gasteiger partial charge is 0.0462 e. The maximum atomic E-state index is 2.41. The largest absolute Gasteiger partial charge is 0.311 e. The van der Waals surface area contributed by atoms with E-state index in [1.165, 1.54) is 86.9 Å². The molecule has 0 bridgehead atoms. The molecule has 0 aliphatic rings. The number of fused-ring (bicyclic) bond motifs is 12. The van der Waals surface area contributed by atoms with E-state index in [1.807, 2.05) is 0 Å². The maximum absolute atomic E-state index is 2.41. The zero-order chi connectivity index (χ0) is 36.3. The normalized spacial score (nSPS) is 11.6. The summed E-state index contributed by atoms with van der Waals surface area (Å²) >= 11 is 0. The molecular formula is C54H35N. The van der Waals surface area contributed by atoms with Gasteiger partial charge >= 0.3 is 0 Å². The van der Waals surface area contributed by atoms with Crippen LogP contribution in [-0.2, 0) is 0 Å². The van der Waals surface area contributed by atoms with E-state index < -0.39 is 0 Å². The van der Waals surface area contributed by atoms with Gasteiger partial charge in [-0.3, -0.25) is 0 Å².